The molecule has 2 heterocycles. The summed E-state index contributed by atoms with van der Waals surface area (Å²) >= 11 is 4.66. The fourth-order valence-corrected chi connectivity index (χ4v) is 3.67. The summed E-state index contributed by atoms with van der Waals surface area (Å²) in [5.74, 6) is 0.650. The zero-order valence-corrected chi connectivity index (χ0v) is 17.4. The first-order chi connectivity index (χ1) is 14.0. The summed E-state index contributed by atoms with van der Waals surface area (Å²) in [7, 11) is 1.30. The maximum Gasteiger partial charge on any atom is 0.337 e. The minimum absolute atomic E-state index is 0.289. The number of thioether (sulfide) groups is 1. The van der Waals surface area contributed by atoms with Crippen LogP contribution in [0.15, 0.2) is 61.4 Å². The van der Waals surface area contributed by atoms with E-state index in [0.717, 1.165) is 10.0 Å². The van der Waals surface area contributed by atoms with E-state index in [0.29, 0.717) is 39.2 Å². The number of halogens is 1. The molecule has 0 bridgehead atoms. The number of aromatic amines is 1. The van der Waals surface area contributed by atoms with Gasteiger partial charge in [-0.05, 0) is 36.4 Å². The lowest BCUT2D eigenvalue weighted by atomic mass is 10.1. The molecule has 4 rings (SSSR count). The molecule has 0 saturated heterocycles. The first-order valence-corrected chi connectivity index (χ1v) is 10.1. The van der Waals surface area contributed by atoms with Crippen LogP contribution in [0.3, 0.4) is 0 Å². The van der Waals surface area contributed by atoms with Crippen LogP contribution in [0.2, 0.25) is 0 Å². The van der Waals surface area contributed by atoms with Gasteiger partial charge in [0.25, 0.3) is 10.8 Å². The molecule has 146 valence electrons. The van der Waals surface area contributed by atoms with Gasteiger partial charge in [-0.15, -0.1) is 10.2 Å². The Hall–Kier alpha value is -2.98. The number of carbonyl (C=O) groups excluding carboxylic acids is 1. The Bertz CT molecular complexity index is 1270. The van der Waals surface area contributed by atoms with Gasteiger partial charge in [0.15, 0.2) is 0 Å². The van der Waals surface area contributed by atoms with E-state index < -0.39 is 5.97 Å². The van der Waals surface area contributed by atoms with Gasteiger partial charge in [-0.2, -0.15) is 0 Å². The molecule has 2 aromatic carbocycles. The highest BCUT2D eigenvalue weighted by molar-refractivity contribution is 9.10. The molecule has 8 nitrogen and oxygen atoms in total. The molecule has 10 heteroatoms. The Labute approximate surface area is 176 Å². The normalized spacial score (nSPS) is 11.0. The van der Waals surface area contributed by atoms with Crippen LogP contribution >= 0.6 is 27.7 Å². The van der Waals surface area contributed by atoms with Crippen LogP contribution in [0.25, 0.3) is 22.4 Å². The molecule has 2 aromatic heterocycles. The van der Waals surface area contributed by atoms with Gasteiger partial charge in [0.2, 0.25) is 5.89 Å². The maximum atomic E-state index is 12.3. The van der Waals surface area contributed by atoms with E-state index in [9.17, 15) is 9.59 Å². The second-order valence-corrected chi connectivity index (χ2v) is 7.75. The number of carbonyl (C=O) groups is 1. The molecule has 0 aliphatic heterocycles. The van der Waals surface area contributed by atoms with Crippen LogP contribution in [-0.2, 0) is 10.5 Å². The van der Waals surface area contributed by atoms with Gasteiger partial charge in [0.1, 0.15) is 5.82 Å². The number of hydrogen-bond acceptors (Lipinski definition) is 8. The van der Waals surface area contributed by atoms with E-state index in [4.69, 9.17) is 9.15 Å². The van der Waals surface area contributed by atoms with Crippen molar-refractivity contribution in [3.05, 3.63) is 68.7 Å². The number of esters is 1. The minimum Gasteiger partial charge on any atom is -0.465 e. The Morgan fingerprint density at radius 1 is 1.24 bits per heavy atom. The summed E-state index contributed by atoms with van der Waals surface area (Å²) in [6.07, 6.45) is 0. The van der Waals surface area contributed by atoms with Crippen LogP contribution in [0.5, 0.6) is 0 Å². The number of rotatable bonds is 5. The standard InChI is InChI=1S/C19H13BrN4O4S/c1-27-18(26)11-5-6-13-14(8-11)21-15(22-16(13)25)9-29-19-24-23-17(28-19)10-3-2-4-12(20)7-10/h2-8H,9H2,1H3,(H,21,22,25). The van der Waals surface area contributed by atoms with E-state index in [1.165, 1.54) is 31.0 Å². The summed E-state index contributed by atoms with van der Waals surface area (Å²) in [6, 6.07) is 12.1. The number of hydrogen-bond donors (Lipinski definition) is 1. The molecule has 0 fully saturated rings. The molecule has 1 N–H and O–H groups in total. The molecule has 0 unspecified atom stereocenters. The number of methoxy groups -OCH3 is 1. The predicted octanol–water partition coefficient (Wildman–Crippen LogP) is 3.81. The van der Waals surface area contributed by atoms with E-state index in [1.54, 1.807) is 6.07 Å². The smallest absolute Gasteiger partial charge is 0.337 e. The summed E-state index contributed by atoms with van der Waals surface area (Å²) < 4.78 is 11.3. The second-order valence-electron chi connectivity index (χ2n) is 5.91. The van der Waals surface area contributed by atoms with Gasteiger partial charge in [-0.3, -0.25) is 4.79 Å². The van der Waals surface area contributed by atoms with Crippen molar-refractivity contribution in [1.29, 1.82) is 0 Å². The third-order valence-corrected chi connectivity index (χ3v) is 5.31. The molecule has 0 aliphatic rings. The number of nitrogens with zero attached hydrogens (tertiary/aromatic N) is 3. The monoisotopic (exact) mass is 472 g/mol. The van der Waals surface area contributed by atoms with E-state index in [1.807, 2.05) is 24.3 Å². The Morgan fingerprint density at radius 3 is 2.90 bits per heavy atom. The fourth-order valence-electron chi connectivity index (χ4n) is 2.64. The lowest BCUT2D eigenvalue weighted by Gasteiger charge is -2.04. The van der Waals surface area contributed by atoms with Crippen molar-refractivity contribution in [2.24, 2.45) is 0 Å². The van der Waals surface area contributed by atoms with E-state index >= 15 is 0 Å². The average molecular weight is 473 g/mol. The average Bonchev–Trinajstić information content (AvgIpc) is 3.20. The number of aromatic nitrogens is 4. The third-order valence-electron chi connectivity index (χ3n) is 3.99. The lowest BCUT2D eigenvalue weighted by Crippen LogP contribution is -2.12. The van der Waals surface area contributed by atoms with Gasteiger partial charge in [0, 0.05) is 10.0 Å². The number of H-pyrrole nitrogens is 1. The first-order valence-electron chi connectivity index (χ1n) is 8.37. The van der Waals surface area contributed by atoms with Gasteiger partial charge < -0.3 is 14.1 Å². The van der Waals surface area contributed by atoms with Crippen LogP contribution < -0.4 is 5.56 Å². The maximum absolute atomic E-state index is 12.3. The minimum atomic E-state index is -0.490. The SMILES string of the molecule is COC(=O)c1ccc2c(=O)[nH]c(CSc3nnc(-c4cccc(Br)c4)o3)nc2c1. The molecule has 0 radical (unpaired) electrons. The molecule has 0 aliphatic carbocycles. The zero-order valence-electron chi connectivity index (χ0n) is 15.0. The third kappa shape index (κ3) is 4.22. The van der Waals surface area contributed by atoms with Gasteiger partial charge in [0.05, 0.1) is 29.3 Å². The lowest BCUT2D eigenvalue weighted by molar-refractivity contribution is 0.0601. The molecular formula is C19H13BrN4O4S. The Kier molecular flexibility index (Phi) is 5.45. The molecular weight excluding hydrogens is 460 g/mol. The van der Waals surface area contributed by atoms with Crippen molar-refractivity contribution in [3.63, 3.8) is 0 Å². The quantitative estimate of drug-likeness (QED) is 0.344. The Balaban J connectivity index is 1.55. The summed E-state index contributed by atoms with van der Waals surface area (Å²) in [5.41, 5.74) is 1.24. The van der Waals surface area contributed by atoms with Crippen molar-refractivity contribution in [1.82, 2.24) is 20.2 Å². The number of nitrogens with one attached hydrogen (secondary N) is 1. The van der Waals surface area contributed by atoms with Gasteiger partial charge >= 0.3 is 5.97 Å². The first kappa shape index (κ1) is 19.3. The van der Waals surface area contributed by atoms with Crippen molar-refractivity contribution >= 4 is 44.6 Å². The zero-order chi connectivity index (χ0) is 20.4. The fraction of sp³-hybridized carbons (Fsp3) is 0.105. The van der Waals surface area contributed by atoms with Crippen LogP contribution in [-0.4, -0.2) is 33.2 Å². The molecule has 0 spiro atoms. The highest BCUT2D eigenvalue weighted by Crippen LogP contribution is 2.26. The summed E-state index contributed by atoms with van der Waals surface area (Å²) in [5, 5.41) is 8.81. The summed E-state index contributed by atoms with van der Waals surface area (Å²) in [6.45, 7) is 0. The van der Waals surface area contributed by atoms with E-state index in [-0.39, 0.29) is 5.56 Å². The number of ether oxygens (including phenoxy) is 1. The van der Waals surface area contributed by atoms with Gasteiger partial charge in [-0.1, -0.05) is 33.8 Å². The highest BCUT2D eigenvalue weighted by Gasteiger charge is 2.13. The molecule has 0 amide bonds. The molecule has 29 heavy (non-hydrogen) atoms. The predicted molar refractivity (Wildman–Crippen MR) is 111 cm³/mol. The molecule has 4 aromatic rings. The van der Waals surface area contributed by atoms with Crippen molar-refractivity contribution in [3.8, 4) is 11.5 Å². The van der Waals surface area contributed by atoms with Crippen LogP contribution in [0.4, 0.5) is 0 Å². The van der Waals surface area contributed by atoms with E-state index in [2.05, 4.69) is 36.1 Å². The van der Waals surface area contributed by atoms with Crippen molar-refractivity contribution < 1.29 is 13.9 Å². The summed E-state index contributed by atoms with van der Waals surface area (Å²) in [4.78, 5) is 31.2. The number of benzene rings is 2. The van der Waals surface area contributed by atoms with Gasteiger partial charge in [-0.25, -0.2) is 9.78 Å². The Morgan fingerprint density at radius 2 is 2.10 bits per heavy atom. The topological polar surface area (TPSA) is 111 Å². The number of fused-ring (bicyclic) bond motifs is 1. The van der Waals surface area contributed by atoms with Crippen molar-refractivity contribution in [2.45, 2.75) is 11.0 Å². The van der Waals surface area contributed by atoms with Crippen molar-refractivity contribution in [2.75, 3.05) is 7.11 Å². The molecule has 0 saturated carbocycles. The van der Waals surface area contributed by atoms with Crippen LogP contribution in [0.1, 0.15) is 16.2 Å². The van der Waals surface area contributed by atoms with Crippen LogP contribution in [0, 0.1) is 0 Å². The largest absolute Gasteiger partial charge is 0.465 e. The second kappa shape index (κ2) is 8.18. The highest BCUT2D eigenvalue weighted by atomic mass is 79.9. The molecule has 0 atom stereocenters.